The Bertz CT molecular complexity index is 384. The molecule has 1 aliphatic rings. The maximum atomic E-state index is 11.6. The molecule has 1 fully saturated rings. The molecule has 0 radical (unpaired) electrons. The summed E-state index contributed by atoms with van der Waals surface area (Å²) in [5.74, 6) is -0.0579. The molecule has 0 amide bonds. The number of piperazine rings is 1. The van der Waals surface area contributed by atoms with Crippen molar-refractivity contribution in [2.45, 2.75) is 90.8 Å². The predicted octanol–water partition coefficient (Wildman–Crippen LogP) is 4.90. The van der Waals surface area contributed by atoms with Crippen LogP contribution in [0, 0.1) is 0 Å². The number of carbonyl (C=O) groups excluding carboxylic acids is 1. The normalized spacial score (nSPS) is 22.4. The lowest BCUT2D eigenvalue weighted by atomic mass is 10.3. The summed E-state index contributed by atoms with van der Waals surface area (Å²) in [4.78, 5) is 14.1. The number of rotatable bonds is 11. The number of hydrogen-bond donors (Lipinski definition) is 0. The van der Waals surface area contributed by atoms with Crippen LogP contribution < -0.4 is 0 Å². The molecular weight excluding hydrogens is 340 g/mol. The topological polar surface area (TPSA) is 32.8 Å². The molecule has 0 spiro atoms. The minimum Gasteiger partial charge on any atom is -0.466 e. The first kappa shape index (κ1) is 23.6. The Hall–Kier alpha value is -0.393. The molecule has 26 heavy (non-hydrogen) atoms. The number of nitrogens with zero attached hydrogens (tertiary/aromatic N) is 2. The molecule has 0 bridgehead atoms. The summed E-state index contributed by atoms with van der Waals surface area (Å²) in [6.45, 7) is 22.5. The van der Waals surface area contributed by atoms with E-state index in [1.165, 1.54) is 32.4 Å². The Morgan fingerprint density at radius 1 is 0.885 bits per heavy atom. The molecule has 0 aromatic carbocycles. The predicted molar refractivity (Wildman–Crippen MR) is 114 cm³/mol. The molecule has 1 saturated heterocycles. The number of esters is 1. The zero-order valence-corrected chi connectivity index (χ0v) is 19.5. The number of hydrogen-bond acceptors (Lipinski definition) is 4. The molecule has 154 valence electrons. The summed E-state index contributed by atoms with van der Waals surface area (Å²) < 4.78 is 8.03. The number of carbonyl (C=O) groups is 1. The Labute approximate surface area is 163 Å². The summed E-state index contributed by atoms with van der Waals surface area (Å²) >= 11 is 0. The van der Waals surface area contributed by atoms with Crippen molar-refractivity contribution in [2.24, 2.45) is 0 Å². The summed E-state index contributed by atoms with van der Waals surface area (Å²) in [7, 11) is -1.58. The van der Waals surface area contributed by atoms with Crippen LogP contribution in [0.1, 0.15) is 74.1 Å². The smallest absolute Gasteiger partial charge is 0.307 e. The van der Waals surface area contributed by atoms with E-state index in [0.29, 0.717) is 13.0 Å². The van der Waals surface area contributed by atoms with E-state index in [1.807, 2.05) is 6.92 Å². The van der Waals surface area contributed by atoms with Gasteiger partial charge in [0.15, 0.2) is 0 Å². The van der Waals surface area contributed by atoms with Crippen molar-refractivity contribution in [3.63, 3.8) is 0 Å². The highest BCUT2D eigenvalue weighted by atomic mass is 28.3. The van der Waals surface area contributed by atoms with E-state index in [0.717, 1.165) is 36.3 Å². The van der Waals surface area contributed by atoms with E-state index in [9.17, 15) is 4.79 Å². The molecule has 4 nitrogen and oxygen atoms in total. The van der Waals surface area contributed by atoms with Crippen molar-refractivity contribution in [3.8, 4) is 0 Å². The second-order valence-electron chi connectivity index (χ2n) is 8.20. The third kappa shape index (κ3) is 5.32. The number of ether oxygens (including phenoxy) is 1. The zero-order valence-electron chi connectivity index (χ0n) is 18.5. The van der Waals surface area contributed by atoms with Crippen LogP contribution in [0.5, 0.6) is 0 Å². The van der Waals surface area contributed by atoms with Gasteiger partial charge < -0.3 is 14.2 Å². The van der Waals surface area contributed by atoms with Crippen LogP contribution in [-0.4, -0.2) is 63.0 Å². The summed E-state index contributed by atoms with van der Waals surface area (Å²) in [5.41, 5.74) is 2.50. The summed E-state index contributed by atoms with van der Waals surface area (Å²) in [5, 5.41) is 0. The first-order valence-electron chi connectivity index (χ1n) is 11.0. The van der Waals surface area contributed by atoms with E-state index < -0.39 is 8.24 Å². The molecule has 5 heteroatoms. The van der Waals surface area contributed by atoms with Crippen molar-refractivity contribution < 1.29 is 9.53 Å². The monoisotopic (exact) mass is 384 g/mol. The largest absolute Gasteiger partial charge is 0.466 e. The lowest BCUT2D eigenvalue weighted by Gasteiger charge is -2.55. The Morgan fingerprint density at radius 3 is 1.73 bits per heavy atom. The minimum absolute atomic E-state index is 0.0579. The van der Waals surface area contributed by atoms with Crippen LogP contribution in [0.15, 0.2) is 0 Å². The van der Waals surface area contributed by atoms with Gasteiger partial charge in [0.05, 0.1) is 13.0 Å². The highest BCUT2D eigenvalue weighted by molar-refractivity contribution is 6.81. The van der Waals surface area contributed by atoms with E-state index in [4.69, 9.17) is 4.74 Å². The van der Waals surface area contributed by atoms with Gasteiger partial charge in [0.25, 0.3) is 0 Å². The Balaban J connectivity index is 2.83. The highest BCUT2D eigenvalue weighted by Crippen LogP contribution is 2.48. The van der Waals surface area contributed by atoms with Gasteiger partial charge in [-0.1, -0.05) is 60.8 Å². The van der Waals surface area contributed by atoms with Gasteiger partial charge in [-0.3, -0.25) is 4.79 Å². The molecule has 0 aromatic rings. The van der Waals surface area contributed by atoms with Crippen molar-refractivity contribution >= 4 is 14.2 Å². The van der Waals surface area contributed by atoms with Crippen LogP contribution in [0.4, 0.5) is 0 Å². The Kier molecular flexibility index (Phi) is 10.4. The second kappa shape index (κ2) is 11.5. The van der Waals surface area contributed by atoms with E-state index >= 15 is 0 Å². The van der Waals surface area contributed by atoms with Gasteiger partial charge >= 0.3 is 5.97 Å². The third-order valence-electron chi connectivity index (χ3n) is 7.06. The van der Waals surface area contributed by atoms with Crippen molar-refractivity contribution in [3.05, 3.63) is 0 Å². The summed E-state index contributed by atoms with van der Waals surface area (Å²) in [6, 6.07) is 0. The van der Waals surface area contributed by atoms with E-state index in [-0.39, 0.29) is 5.97 Å². The van der Waals surface area contributed by atoms with Crippen LogP contribution in [0.25, 0.3) is 0 Å². The van der Waals surface area contributed by atoms with Gasteiger partial charge in [-0.05, 0) is 23.5 Å². The second-order valence-corrected chi connectivity index (χ2v) is 13.6. The lowest BCUT2D eigenvalue weighted by molar-refractivity contribution is -0.143. The molecule has 0 aliphatic carbocycles. The fourth-order valence-corrected chi connectivity index (χ4v) is 12.9. The van der Waals surface area contributed by atoms with Crippen LogP contribution in [0.3, 0.4) is 0 Å². The molecule has 0 aromatic heterocycles. The molecule has 0 N–H and O–H groups in total. The molecule has 1 heterocycles. The van der Waals surface area contributed by atoms with E-state index in [2.05, 4.69) is 51.0 Å². The Morgan fingerprint density at radius 2 is 1.35 bits per heavy atom. The lowest BCUT2D eigenvalue weighted by Crippen LogP contribution is -2.66. The van der Waals surface area contributed by atoms with E-state index in [1.54, 1.807) is 0 Å². The maximum absolute atomic E-state index is 11.6. The minimum atomic E-state index is -1.58. The first-order chi connectivity index (χ1) is 12.4. The fourth-order valence-electron chi connectivity index (χ4n) is 5.21. The van der Waals surface area contributed by atoms with Crippen LogP contribution in [-0.2, 0) is 9.53 Å². The maximum Gasteiger partial charge on any atom is 0.307 e. The van der Waals surface area contributed by atoms with Gasteiger partial charge in [-0.15, -0.1) is 0 Å². The molecule has 0 saturated carbocycles. The average molecular weight is 385 g/mol. The first-order valence-corrected chi connectivity index (χ1v) is 13.2. The van der Waals surface area contributed by atoms with Crippen molar-refractivity contribution in [1.29, 1.82) is 0 Å². The summed E-state index contributed by atoms with van der Waals surface area (Å²) in [6.07, 6.45) is 4.41. The zero-order chi connectivity index (χ0) is 19.7. The SMILES string of the molecule is CCOC(=O)CCN1CCN([Si](C(C)CC)(C(C)CC)C(C)CC)CC1. The molecule has 1 rings (SSSR count). The van der Waals surface area contributed by atoms with Crippen molar-refractivity contribution in [1.82, 2.24) is 9.47 Å². The van der Waals surface area contributed by atoms with Gasteiger partial charge in [0, 0.05) is 32.7 Å². The molecule has 1 aliphatic heterocycles. The molecular formula is C21H44N2O2Si. The molecule has 3 atom stereocenters. The quantitative estimate of drug-likeness (QED) is 0.374. The molecule has 3 unspecified atom stereocenters. The average Bonchev–Trinajstić information content (AvgIpc) is 2.67. The van der Waals surface area contributed by atoms with Gasteiger partial charge in [0.2, 0.25) is 0 Å². The fraction of sp³-hybridized carbons (Fsp3) is 0.952. The standard InChI is InChI=1S/C21H44N2O2Si/c1-8-18(5)26(19(6)9-2,20(7)10-3)23-16-14-22(15-17-23)13-12-21(24)25-11-4/h18-20H,8-17H2,1-7H3. The van der Waals surface area contributed by atoms with Crippen LogP contribution >= 0.6 is 0 Å². The van der Waals surface area contributed by atoms with Gasteiger partial charge in [-0.25, -0.2) is 0 Å². The van der Waals surface area contributed by atoms with Gasteiger partial charge in [-0.2, -0.15) is 0 Å². The third-order valence-corrected chi connectivity index (χ3v) is 14.6. The highest BCUT2D eigenvalue weighted by Gasteiger charge is 2.51. The van der Waals surface area contributed by atoms with Crippen LogP contribution in [0.2, 0.25) is 16.6 Å². The van der Waals surface area contributed by atoms with Crippen molar-refractivity contribution in [2.75, 3.05) is 39.3 Å². The van der Waals surface area contributed by atoms with Gasteiger partial charge in [0.1, 0.15) is 8.24 Å².